The maximum absolute atomic E-state index is 4.46. The molecule has 0 aliphatic carbocycles. The molecule has 1 saturated heterocycles. The van der Waals surface area contributed by atoms with Crippen molar-refractivity contribution in [3.05, 3.63) is 6.07 Å². The topological polar surface area (TPSA) is 41.0 Å². The van der Waals surface area contributed by atoms with Gasteiger partial charge in [0.2, 0.25) is 0 Å². The van der Waals surface area contributed by atoms with Gasteiger partial charge >= 0.3 is 0 Å². The van der Waals surface area contributed by atoms with Crippen molar-refractivity contribution in [3.8, 4) is 0 Å². The van der Waals surface area contributed by atoms with Crippen LogP contribution in [0.5, 0.6) is 0 Å². The molecule has 2 rings (SSSR count). The van der Waals surface area contributed by atoms with Crippen LogP contribution in [0, 0.1) is 0 Å². The van der Waals surface area contributed by atoms with E-state index in [0.717, 1.165) is 29.9 Å². The molecule has 0 amide bonds. The molecule has 76 valence electrons. The minimum Gasteiger partial charge on any atom is -0.373 e. The Morgan fingerprint density at radius 1 is 1.43 bits per heavy atom. The van der Waals surface area contributed by atoms with Gasteiger partial charge in [-0.15, -0.1) is 0 Å². The van der Waals surface area contributed by atoms with Gasteiger partial charge in [-0.25, -0.2) is 9.97 Å². The zero-order chi connectivity index (χ0) is 9.97. The third-order valence-electron chi connectivity index (χ3n) is 2.31. The zero-order valence-electron chi connectivity index (χ0n) is 8.45. The molecular formula is C9H14N4S. The fourth-order valence-corrected chi connectivity index (χ4v) is 1.71. The van der Waals surface area contributed by atoms with Crippen LogP contribution in [0.3, 0.4) is 0 Å². The van der Waals surface area contributed by atoms with Gasteiger partial charge in [0.1, 0.15) is 11.6 Å². The van der Waals surface area contributed by atoms with Gasteiger partial charge in [-0.2, -0.15) is 0 Å². The molecule has 4 nitrogen and oxygen atoms in total. The lowest BCUT2D eigenvalue weighted by atomic mass is 10.2. The number of anilines is 2. The van der Waals surface area contributed by atoms with Crippen molar-refractivity contribution in [2.75, 3.05) is 36.6 Å². The number of thioether (sulfide) groups is 1. The molecule has 0 aromatic carbocycles. The third-order valence-corrected chi connectivity index (χ3v) is 2.86. The Morgan fingerprint density at radius 2 is 2.21 bits per heavy atom. The molecule has 0 atom stereocenters. The highest BCUT2D eigenvalue weighted by Crippen LogP contribution is 2.23. The number of hydrogen-bond acceptors (Lipinski definition) is 5. The van der Waals surface area contributed by atoms with Crippen LogP contribution in [-0.4, -0.2) is 36.4 Å². The van der Waals surface area contributed by atoms with E-state index in [-0.39, 0.29) is 0 Å². The van der Waals surface area contributed by atoms with Gasteiger partial charge in [0.15, 0.2) is 5.16 Å². The Labute approximate surface area is 88.1 Å². The Kier molecular flexibility index (Phi) is 2.77. The van der Waals surface area contributed by atoms with Crippen molar-refractivity contribution in [1.82, 2.24) is 9.97 Å². The van der Waals surface area contributed by atoms with Crippen molar-refractivity contribution in [2.24, 2.45) is 0 Å². The van der Waals surface area contributed by atoms with Crippen LogP contribution in [0.2, 0.25) is 0 Å². The average Bonchev–Trinajstić information content (AvgIpc) is 2.14. The maximum atomic E-state index is 4.46. The molecule has 1 aromatic heterocycles. The first-order valence-corrected chi connectivity index (χ1v) is 5.91. The highest BCUT2D eigenvalue weighted by atomic mass is 32.2. The summed E-state index contributed by atoms with van der Waals surface area (Å²) in [5.41, 5.74) is 0. The molecule has 14 heavy (non-hydrogen) atoms. The summed E-state index contributed by atoms with van der Waals surface area (Å²) in [6.07, 6.45) is 3.27. The molecule has 0 radical (unpaired) electrons. The van der Waals surface area contributed by atoms with E-state index in [9.17, 15) is 0 Å². The molecule has 0 unspecified atom stereocenters. The molecule has 0 saturated carbocycles. The fourth-order valence-electron chi connectivity index (χ4n) is 1.34. The first-order valence-electron chi connectivity index (χ1n) is 4.69. The van der Waals surface area contributed by atoms with Gasteiger partial charge in [-0.3, -0.25) is 0 Å². The SMILES string of the molecule is CNc1cc(N2CCC2)nc(SC)n1. The summed E-state index contributed by atoms with van der Waals surface area (Å²) in [5, 5.41) is 3.89. The lowest BCUT2D eigenvalue weighted by molar-refractivity contribution is 0.605. The molecule has 1 fully saturated rings. The molecule has 1 aromatic rings. The molecule has 1 N–H and O–H groups in total. The molecule has 1 aliphatic heterocycles. The van der Waals surface area contributed by atoms with Crippen LogP contribution in [0.15, 0.2) is 11.2 Å². The maximum Gasteiger partial charge on any atom is 0.191 e. The summed E-state index contributed by atoms with van der Waals surface area (Å²) in [4.78, 5) is 11.1. The highest BCUT2D eigenvalue weighted by Gasteiger charge is 2.17. The number of aromatic nitrogens is 2. The van der Waals surface area contributed by atoms with Crippen LogP contribution in [0.4, 0.5) is 11.6 Å². The first-order chi connectivity index (χ1) is 6.83. The van der Waals surface area contributed by atoms with Gasteiger partial charge in [0.25, 0.3) is 0 Å². The van der Waals surface area contributed by atoms with Crippen molar-refractivity contribution in [1.29, 1.82) is 0 Å². The summed E-state index contributed by atoms with van der Waals surface area (Å²) < 4.78 is 0. The Bertz CT molecular complexity index is 302. The van der Waals surface area contributed by atoms with E-state index in [1.807, 2.05) is 19.4 Å². The van der Waals surface area contributed by atoms with E-state index < -0.39 is 0 Å². The van der Waals surface area contributed by atoms with Gasteiger partial charge in [0.05, 0.1) is 0 Å². The van der Waals surface area contributed by atoms with Crippen molar-refractivity contribution >= 4 is 23.4 Å². The van der Waals surface area contributed by atoms with Crippen LogP contribution in [0.25, 0.3) is 0 Å². The van der Waals surface area contributed by atoms with E-state index in [1.54, 1.807) is 11.8 Å². The molecule has 0 spiro atoms. The van der Waals surface area contributed by atoms with E-state index in [1.165, 1.54) is 6.42 Å². The smallest absolute Gasteiger partial charge is 0.191 e. The summed E-state index contributed by atoms with van der Waals surface area (Å²) in [6.45, 7) is 2.24. The second-order valence-electron chi connectivity index (χ2n) is 3.19. The predicted octanol–water partition coefficient (Wildman–Crippen LogP) is 1.45. The van der Waals surface area contributed by atoms with E-state index in [2.05, 4.69) is 20.2 Å². The van der Waals surface area contributed by atoms with Crippen LogP contribution in [0.1, 0.15) is 6.42 Å². The van der Waals surface area contributed by atoms with Gasteiger partial charge in [-0.1, -0.05) is 11.8 Å². The molecule has 2 heterocycles. The lowest BCUT2D eigenvalue weighted by Gasteiger charge is -2.32. The molecule has 5 heteroatoms. The van der Waals surface area contributed by atoms with Crippen LogP contribution in [-0.2, 0) is 0 Å². The number of hydrogen-bond donors (Lipinski definition) is 1. The minimum atomic E-state index is 0.832. The van der Waals surface area contributed by atoms with Gasteiger partial charge in [-0.05, 0) is 12.7 Å². The Morgan fingerprint density at radius 3 is 2.71 bits per heavy atom. The van der Waals surface area contributed by atoms with Crippen molar-refractivity contribution in [2.45, 2.75) is 11.6 Å². The van der Waals surface area contributed by atoms with E-state index in [4.69, 9.17) is 0 Å². The van der Waals surface area contributed by atoms with Crippen molar-refractivity contribution < 1.29 is 0 Å². The second-order valence-corrected chi connectivity index (χ2v) is 3.96. The van der Waals surface area contributed by atoms with Gasteiger partial charge in [0, 0.05) is 26.2 Å². The Hall–Kier alpha value is -0.970. The lowest BCUT2D eigenvalue weighted by Crippen LogP contribution is -2.37. The first kappa shape index (κ1) is 9.58. The van der Waals surface area contributed by atoms with Crippen LogP contribution < -0.4 is 10.2 Å². The summed E-state index contributed by atoms with van der Waals surface area (Å²) in [6, 6.07) is 2.00. The molecular weight excluding hydrogens is 196 g/mol. The quantitative estimate of drug-likeness (QED) is 0.604. The van der Waals surface area contributed by atoms with E-state index >= 15 is 0 Å². The summed E-state index contributed by atoms with van der Waals surface area (Å²) in [7, 11) is 1.88. The summed E-state index contributed by atoms with van der Waals surface area (Å²) >= 11 is 1.58. The fraction of sp³-hybridized carbons (Fsp3) is 0.556. The molecule has 0 bridgehead atoms. The number of rotatable bonds is 3. The second kappa shape index (κ2) is 4.04. The van der Waals surface area contributed by atoms with Gasteiger partial charge < -0.3 is 10.2 Å². The minimum absolute atomic E-state index is 0.832. The normalized spacial score (nSPS) is 15.1. The monoisotopic (exact) mass is 210 g/mol. The predicted molar refractivity (Wildman–Crippen MR) is 60.2 cm³/mol. The number of nitrogens with one attached hydrogen (secondary N) is 1. The molecule has 1 aliphatic rings. The van der Waals surface area contributed by atoms with E-state index in [0.29, 0.717) is 0 Å². The average molecular weight is 210 g/mol. The summed E-state index contributed by atoms with van der Waals surface area (Å²) in [5.74, 6) is 1.94. The Balaban J connectivity index is 2.28. The standard InChI is InChI=1S/C9H14N4S/c1-10-7-6-8(13-4-3-5-13)12-9(11-7)14-2/h6H,3-5H2,1-2H3,(H,10,11,12). The van der Waals surface area contributed by atoms with Crippen molar-refractivity contribution in [3.63, 3.8) is 0 Å². The van der Waals surface area contributed by atoms with Crippen LogP contribution >= 0.6 is 11.8 Å². The highest BCUT2D eigenvalue weighted by molar-refractivity contribution is 7.98. The number of nitrogens with zero attached hydrogens (tertiary/aromatic N) is 3. The third kappa shape index (κ3) is 1.77. The zero-order valence-corrected chi connectivity index (χ0v) is 9.27. The largest absolute Gasteiger partial charge is 0.373 e.